The predicted molar refractivity (Wildman–Crippen MR) is 136 cm³/mol. The number of hydrogen-bond acceptors (Lipinski definition) is 7. The molecule has 1 saturated carbocycles. The van der Waals surface area contributed by atoms with Gasteiger partial charge in [-0.1, -0.05) is 0 Å². The Labute approximate surface area is 212 Å². The minimum atomic E-state index is -3.82. The molecule has 0 spiro atoms. The number of alkyl carbamates (subject to hydrolysis) is 1. The van der Waals surface area contributed by atoms with Gasteiger partial charge in [0.1, 0.15) is 16.6 Å². The summed E-state index contributed by atoms with van der Waals surface area (Å²) in [6.45, 7) is 10.2. The SMILES string of the molecule is CSC(C(=O)O)C(NC(=O)OC(C)(C)C)C1CCC(NS(=O)(=O)c2c(C)cc(O)c(C)c2C)CC1. The lowest BCUT2D eigenvalue weighted by atomic mass is 9.80. The van der Waals surface area contributed by atoms with E-state index < -0.39 is 39.0 Å². The van der Waals surface area contributed by atoms with Crippen molar-refractivity contribution in [1.82, 2.24) is 10.0 Å². The van der Waals surface area contributed by atoms with Gasteiger partial charge in [0, 0.05) is 6.04 Å². The van der Waals surface area contributed by atoms with E-state index in [1.807, 2.05) is 0 Å². The van der Waals surface area contributed by atoms with Crippen molar-refractivity contribution in [3.63, 3.8) is 0 Å². The van der Waals surface area contributed by atoms with Crippen molar-refractivity contribution in [2.45, 2.75) is 95.1 Å². The molecular weight excluding hydrogens is 492 g/mol. The van der Waals surface area contributed by atoms with Gasteiger partial charge in [-0.25, -0.2) is 17.9 Å². The molecule has 0 bridgehead atoms. The van der Waals surface area contributed by atoms with Crippen LogP contribution in [-0.2, 0) is 19.6 Å². The van der Waals surface area contributed by atoms with Gasteiger partial charge in [0.25, 0.3) is 0 Å². The van der Waals surface area contributed by atoms with Crippen LogP contribution in [0.5, 0.6) is 5.75 Å². The summed E-state index contributed by atoms with van der Waals surface area (Å²) in [4.78, 5) is 24.5. The van der Waals surface area contributed by atoms with Gasteiger partial charge in [-0.2, -0.15) is 0 Å². The highest BCUT2D eigenvalue weighted by atomic mass is 32.2. The average molecular weight is 531 g/mol. The van der Waals surface area contributed by atoms with E-state index in [2.05, 4.69) is 10.0 Å². The fourth-order valence-electron chi connectivity index (χ4n) is 4.61. The van der Waals surface area contributed by atoms with Crippen LogP contribution < -0.4 is 10.0 Å². The zero-order chi connectivity index (χ0) is 26.7. The molecule has 0 aromatic heterocycles. The second-order valence-corrected chi connectivity index (χ2v) is 12.8. The molecule has 1 aliphatic rings. The van der Waals surface area contributed by atoms with Crippen molar-refractivity contribution in [3.05, 3.63) is 22.8 Å². The first-order valence-electron chi connectivity index (χ1n) is 11.6. The highest BCUT2D eigenvalue weighted by molar-refractivity contribution is 8.00. The lowest BCUT2D eigenvalue weighted by Crippen LogP contribution is -2.52. The molecule has 2 rings (SSSR count). The highest BCUT2D eigenvalue weighted by Crippen LogP contribution is 2.34. The molecule has 1 aliphatic carbocycles. The van der Waals surface area contributed by atoms with Crippen molar-refractivity contribution in [2.75, 3.05) is 6.26 Å². The van der Waals surface area contributed by atoms with Crippen molar-refractivity contribution in [1.29, 1.82) is 0 Å². The third kappa shape index (κ3) is 7.50. The van der Waals surface area contributed by atoms with Crippen LogP contribution in [0.15, 0.2) is 11.0 Å². The van der Waals surface area contributed by atoms with Crippen LogP contribution in [0.2, 0.25) is 0 Å². The third-order valence-electron chi connectivity index (χ3n) is 6.38. The minimum absolute atomic E-state index is 0.0600. The van der Waals surface area contributed by atoms with Crippen LogP contribution >= 0.6 is 11.8 Å². The zero-order valence-electron chi connectivity index (χ0n) is 21.5. The number of carboxylic acid groups (broad SMARTS) is 1. The maximum Gasteiger partial charge on any atom is 0.407 e. The van der Waals surface area contributed by atoms with E-state index in [1.54, 1.807) is 47.8 Å². The Bertz CT molecular complexity index is 1040. The predicted octanol–water partition coefficient (Wildman–Crippen LogP) is 3.86. The smallest absolute Gasteiger partial charge is 0.407 e. The first-order valence-corrected chi connectivity index (χ1v) is 14.4. The number of hydrogen-bond donors (Lipinski definition) is 4. The summed E-state index contributed by atoms with van der Waals surface area (Å²) in [7, 11) is -3.82. The van der Waals surface area contributed by atoms with Gasteiger partial charge in [-0.15, -0.1) is 11.8 Å². The van der Waals surface area contributed by atoms with Crippen LogP contribution in [0, 0.1) is 26.7 Å². The van der Waals surface area contributed by atoms with Crippen LogP contribution in [0.1, 0.15) is 63.1 Å². The second kappa shape index (κ2) is 11.4. The number of aromatic hydroxyl groups is 1. The Kier molecular flexibility index (Phi) is 9.52. The number of phenols is 1. The summed E-state index contributed by atoms with van der Waals surface area (Å²) >= 11 is 1.15. The summed E-state index contributed by atoms with van der Waals surface area (Å²) in [5.41, 5.74) is 0.783. The van der Waals surface area contributed by atoms with Gasteiger partial charge < -0.3 is 20.3 Å². The number of ether oxygens (including phenoxy) is 1. The highest BCUT2D eigenvalue weighted by Gasteiger charge is 2.39. The quantitative estimate of drug-likeness (QED) is 0.397. The molecule has 1 aromatic carbocycles. The van der Waals surface area contributed by atoms with E-state index in [1.165, 1.54) is 6.07 Å². The van der Waals surface area contributed by atoms with Gasteiger partial charge in [0.2, 0.25) is 10.0 Å². The van der Waals surface area contributed by atoms with Crippen molar-refractivity contribution in [2.24, 2.45) is 5.92 Å². The fourth-order valence-corrected chi connectivity index (χ4v) is 7.23. The molecule has 1 amide bonds. The number of aliphatic carboxylic acids is 1. The normalized spacial score (nSPS) is 20.7. The summed E-state index contributed by atoms with van der Waals surface area (Å²) in [6.07, 6.45) is 3.12. The Morgan fingerprint density at radius 2 is 1.69 bits per heavy atom. The van der Waals surface area contributed by atoms with Crippen LogP contribution in [0.3, 0.4) is 0 Å². The topological polar surface area (TPSA) is 142 Å². The average Bonchev–Trinajstić information content (AvgIpc) is 2.70. The minimum Gasteiger partial charge on any atom is -0.508 e. The maximum atomic E-state index is 13.2. The second-order valence-electron chi connectivity index (χ2n) is 10.2. The molecule has 0 aliphatic heterocycles. The summed E-state index contributed by atoms with van der Waals surface area (Å²) in [5, 5.41) is 21.6. The monoisotopic (exact) mass is 530 g/mol. The number of sulfonamides is 1. The number of carboxylic acids is 1. The lowest BCUT2D eigenvalue weighted by Gasteiger charge is -2.37. The number of phenolic OH excluding ortho intramolecular Hbond substituents is 1. The number of carbonyl (C=O) groups is 2. The van der Waals surface area contributed by atoms with E-state index in [0.29, 0.717) is 42.4 Å². The Hall–Kier alpha value is -1.98. The first-order chi connectivity index (χ1) is 16.1. The van der Waals surface area contributed by atoms with E-state index in [0.717, 1.165) is 11.8 Å². The van der Waals surface area contributed by atoms with E-state index in [4.69, 9.17) is 4.74 Å². The summed E-state index contributed by atoms with van der Waals surface area (Å²) < 4.78 is 34.5. The Morgan fingerprint density at radius 1 is 1.11 bits per heavy atom. The van der Waals surface area contributed by atoms with Crippen LogP contribution in [-0.4, -0.2) is 59.9 Å². The number of rotatable bonds is 8. The molecule has 0 heterocycles. The van der Waals surface area contributed by atoms with Gasteiger partial charge >= 0.3 is 12.1 Å². The van der Waals surface area contributed by atoms with Gasteiger partial charge in [0.05, 0.1) is 10.9 Å². The van der Waals surface area contributed by atoms with Gasteiger partial charge in [-0.05, 0) is 102 Å². The Balaban J connectivity index is 2.16. The number of thioether (sulfide) groups is 1. The molecule has 0 saturated heterocycles. The molecule has 4 N–H and O–H groups in total. The van der Waals surface area contributed by atoms with Crippen LogP contribution in [0.25, 0.3) is 0 Å². The van der Waals surface area contributed by atoms with Gasteiger partial charge in [0.15, 0.2) is 0 Å². The standard InChI is InChI=1S/C24H38N2O7S2/c1-13-12-18(27)14(2)15(3)21(13)35(31,32)26-17-10-8-16(9-11-17)19(20(34-7)22(28)29)25-23(30)33-24(4,5)6/h12,16-17,19-20,26-27H,8-11H2,1-7H3,(H,25,30)(H,28,29). The number of carbonyl (C=O) groups excluding carboxylic acids is 1. The maximum absolute atomic E-state index is 13.2. The number of aryl methyl sites for hydroxylation is 1. The van der Waals surface area contributed by atoms with Crippen molar-refractivity contribution < 1.29 is 33.0 Å². The zero-order valence-corrected chi connectivity index (χ0v) is 23.1. The Morgan fingerprint density at radius 3 is 2.17 bits per heavy atom. The molecule has 11 heteroatoms. The van der Waals surface area contributed by atoms with E-state index in [-0.39, 0.29) is 22.6 Å². The molecule has 9 nitrogen and oxygen atoms in total. The summed E-state index contributed by atoms with van der Waals surface area (Å²) in [6, 6.07) is 0.484. The van der Waals surface area contributed by atoms with Gasteiger partial charge in [-0.3, -0.25) is 4.79 Å². The van der Waals surface area contributed by atoms with Crippen molar-refractivity contribution >= 4 is 33.8 Å². The molecule has 1 fully saturated rings. The lowest BCUT2D eigenvalue weighted by molar-refractivity contribution is -0.137. The fraction of sp³-hybridized carbons (Fsp3) is 0.667. The molecule has 1 aromatic rings. The largest absolute Gasteiger partial charge is 0.508 e. The third-order valence-corrected chi connectivity index (χ3v) is 9.19. The molecule has 198 valence electrons. The number of nitrogens with one attached hydrogen (secondary N) is 2. The first kappa shape index (κ1) is 29.3. The number of benzene rings is 1. The molecular formula is C24H38N2O7S2. The molecule has 35 heavy (non-hydrogen) atoms. The molecule has 0 radical (unpaired) electrons. The molecule has 2 unspecified atom stereocenters. The van der Waals surface area contributed by atoms with Crippen molar-refractivity contribution in [3.8, 4) is 5.75 Å². The van der Waals surface area contributed by atoms with E-state index in [9.17, 15) is 28.2 Å². The summed E-state index contributed by atoms with van der Waals surface area (Å²) in [5.74, 6) is -1.10. The van der Waals surface area contributed by atoms with E-state index >= 15 is 0 Å². The van der Waals surface area contributed by atoms with Crippen LogP contribution in [0.4, 0.5) is 4.79 Å². The molecule has 2 atom stereocenters. The number of amides is 1.